The second-order valence-electron chi connectivity index (χ2n) is 3.91. The molecule has 82 valence electrons. The molecule has 0 aliphatic carbocycles. The van der Waals surface area contributed by atoms with E-state index < -0.39 is 18.4 Å². The number of fused-ring (bicyclic) bond motifs is 1. The zero-order chi connectivity index (χ0) is 10.3. The highest BCUT2D eigenvalue weighted by Gasteiger charge is 2.55. The average molecular weight is 204 g/mol. The topological polar surface area (TPSA) is 46.2 Å². The van der Waals surface area contributed by atoms with Crippen molar-refractivity contribution in [2.75, 3.05) is 14.2 Å². The van der Waals surface area contributed by atoms with Crippen molar-refractivity contribution in [3.63, 3.8) is 0 Å². The largest absolute Gasteiger partial charge is 0.353 e. The smallest absolute Gasteiger partial charge is 0.189 e. The molecule has 2 aliphatic rings. The van der Waals surface area contributed by atoms with Gasteiger partial charge in [0.25, 0.3) is 0 Å². The van der Waals surface area contributed by atoms with Crippen molar-refractivity contribution >= 4 is 0 Å². The number of hydrogen-bond acceptors (Lipinski definition) is 5. The van der Waals surface area contributed by atoms with Crippen molar-refractivity contribution in [1.82, 2.24) is 0 Å². The van der Waals surface area contributed by atoms with Gasteiger partial charge in [0.2, 0.25) is 0 Å². The number of ether oxygens (including phenoxy) is 5. The van der Waals surface area contributed by atoms with E-state index in [1.807, 2.05) is 13.8 Å². The van der Waals surface area contributed by atoms with Gasteiger partial charge in [-0.3, -0.25) is 0 Å². The van der Waals surface area contributed by atoms with E-state index in [0.717, 1.165) is 0 Å². The van der Waals surface area contributed by atoms with Crippen LogP contribution in [0.4, 0.5) is 0 Å². The first kappa shape index (κ1) is 10.3. The Morgan fingerprint density at radius 3 is 1.71 bits per heavy atom. The summed E-state index contributed by atoms with van der Waals surface area (Å²) in [5.41, 5.74) is 0. The van der Waals surface area contributed by atoms with Crippen molar-refractivity contribution < 1.29 is 23.7 Å². The number of rotatable bonds is 2. The van der Waals surface area contributed by atoms with Crippen LogP contribution >= 0.6 is 0 Å². The van der Waals surface area contributed by atoms with Gasteiger partial charge in [0.05, 0.1) is 0 Å². The summed E-state index contributed by atoms with van der Waals surface area (Å²) in [7, 11) is 3.16. The average Bonchev–Trinajstić information content (AvgIpc) is 2.57. The highest BCUT2D eigenvalue weighted by atomic mass is 16.8. The Kier molecular flexibility index (Phi) is 2.53. The zero-order valence-corrected chi connectivity index (χ0v) is 8.85. The van der Waals surface area contributed by atoms with Gasteiger partial charge in [0.15, 0.2) is 18.4 Å². The molecule has 0 bridgehead atoms. The van der Waals surface area contributed by atoms with E-state index in [0.29, 0.717) is 0 Å². The van der Waals surface area contributed by atoms with Crippen LogP contribution in [0.15, 0.2) is 0 Å². The third kappa shape index (κ3) is 1.55. The minimum atomic E-state index is -0.591. The normalized spacial score (nSPS) is 45.4. The van der Waals surface area contributed by atoms with Gasteiger partial charge in [0, 0.05) is 14.2 Å². The Balaban J connectivity index is 2.12. The van der Waals surface area contributed by atoms with E-state index in [2.05, 4.69) is 0 Å². The molecule has 4 atom stereocenters. The summed E-state index contributed by atoms with van der Waals surface area (Å²) in [5, 5.41) is 0. The Morgan fingerprint density at radius 1 is 0.929 bits per heavy atom. The van der Waals surface area contributed by atoms with Crippen LogP contribution in [-0.4, -0.2) is 44.8 Å². The minimum absolute atomic E-state index is 0.208. The second-order valence-corrected chi connectivity index (χ2v) is 3.91. The molecule has 5 heteroatoms. The highest BCUT2D eigenvalue weighted by Crippen LogP contribution is 2.38. The van der Waals surface area contributed by atoms with Crippen LogP contribution in [0.25, 0.3) is 0 Å². The van der Waals surface area contributed by atoms with Crippen LogP contribution in [0.2, 0.25) is 0 Å². The monoisotopic (exact) mass is 204 g/mol. The lowest BCUT2D eigenvalue weighted by Crippen LogP contribution is -2.30. The molecule has 0 unspecified atom stereocenters. The van der Waals surface area contributed by atoms with Crippen LogP contribution in [0.3, 0.4) is 0 Å². The molecular formula is C9H16O5. The van der Waals surface area contributed by atoms with Crippen LogP contribution in [0.1, 0.15) is 13.8 Å². The lowest BCUT2D eigenvalue weighted by atomic mass is 10.2. The molecule has 0 N–H and O–H groups in total. The van der Waals surface area contributed by atoms with E-state index >= 15 is 0 Å². The number of methoxy groups -OCH3 is 2. The maximum Gasteiger partial charge on any atom is 0.189 e. The molecule has 2 saturated heterocycles. The first-order chi connectivity index (χ1) is 6.57. The second kappa shape index (κ2) is 3.43. The molecule has 2 aliphatic heterocycles. The minimum Gasteiger partial charge on any atom is -0.353 e. The maximum absolute atomic E-state index is 5.66. The summed E-state index contributed by atoms with van der Waals surface area (Å²) in [5.74, 6) is -0.591. The summed E-state index contributed by atoms with van der Waals surface area (Å²) < 4.78 is 27.0. The van der Waals surface area contributed by atoms with E-state index in [4.69, 9.17) is 23.7 Å². The Morgan fingerprint density at radius 2 is 1.36 bits per heavy atom. The quantitative estimate of drug-likeness (QED) is 0.654. The maximum atomic E-state index is 5.66. The Bertz CT molecular complexity index is 197. The van der Waals surface area contributed by atoms with Crippen molar-refractivity contribution in [2.24, 2.45) is 0 Å². The van der Waals surface area contributed by atoms with E-state index in [9.17, 15) is 0 Å². The van der Waals surface area contributed by atoms with Gasteiger partial charge in [-0.25, -0.2) is 0 Å². The SMILES string of the molecule is CO[C@@H]1O[C@H](OC)[C@@H]2OC(C)(C)O[C@@H]12. The first-order valence-electron chi connectivity index (χ1n) is 4.64. The molecule has 14 heavy (non-hydrogen) atoms. The molecule has 5 nitrogen and oxygen atoms in total. The van der Waals surface area contributed by atoms with Crippen molar-refractivity contribution in [3.8, 4) is 0 Å². The third-order valence-corrected chi connectivity index (χ3v) is 2.43. The predicted molar refractivity (Wildman–Crippen MR) is 46.5 cm³/mol. The Labute approximate surface area is 83.2 Å². The molecular weight excluding hydrogens is 188 g/mol. The van der Waals surface area contributed by atoms with Gasteiger partial charge in [-0.1, -0.05) is 0 Å². The van der Waals surface area contributed by atoms with Gasteiger partial charge >= 0.3 is 0 Å². The fourth-order valence-electron chi connectivity index (χ4n) is 1.90. The molecule has 0 saturated carbocycles. The molecule has 0 aromatic rings. The molecule has 0 aromatic carbocycles. The van der Waals surface area contributed by atoms with Crippen LogP contribution in [-0.2, 0) is 23.7 Å². The van der Waals surface area contributed by atoms with Crippen molar-refractivity contribution in [1.29, 1.82) is 0 Å². The lowest BCUT2D eigenvalue weighted by Gasteiger charge is -2.22. The van der Waals surface area contributed by atoms with Gasteiger partial charge < -0.3 is 23.7 Å². The molecule has 2 rings (SSSR count). The summed E-state index contributed by atoms with van der Waals surface area (Å²) >= 11 is 0. The van der Waals surface area contributed by atoms with E-state index in [1.54, 1.807) is 14.2 Å². The predicted octanol–water partition coefficient (Wildman–Crippen LogP) is 0.482. The Hall–Kier alpha value is -0.200. The van der Waals surface area contributed by atoms with Gasteiger partial charge in [-0.15, -0.1) is 0 Å². The summed E-state index contributed by atoms with van der Waals surface area (Å²) in [6.45, 7) is 3.73. The van der Waals surface area contributed by atoms with Crippen LogP contribution in [0.5, 0.6) is 0 Å². The zero-order valence-electron chi connectivity index (χ0n) is 8.85. The summed E-state index contributed by atoms with van der Waals surface area (Å²) in [6, 6.07) is 0. The molecule has 2 fully saturated rings. The van der Waals surface area contributed by atoms with E-state index in [1.165, 1.54) is 0 Å². The summed E-state index contributed by atoms with van der Waals surface area (Å²) in [4.78, 5) is 0. The molecule has 0 spiro atoms. The molecule has 0 radical (unpaired) electrons. The lowest BCUT2D eigenvalue weighted by molar-refractivity contribution is -0.264. The number of hydrogen-bond donors (Lipinski definition) is 0. The van der Waals surface area contributed by atoms with Crippen LogP contribution < -0.4 is 0 Å². The first-order valence-corrected chi connectivity index (χ1v) is 4.64. The standard InChI is InChI=1S/C9H16O5/c1-9(2)13-5-6(14-9)8(11-4)12-7(5)10-3/h5-8H,1-4H3/t5-,6-,7-,8+/m1/s1. The van der Waals surface area contributed by atoms with Crippen LogP contribution in [0, 0.1) is 0 Å². The fourth-order valence-corrected chi connectivity index (χ4v) is 1.90. The molecule has 0 amide bonds. The molecule has 0 aromatic heterocycles. The van der Waals surface area contributed by atoms with Gasteiger partial charge in [-0.05, 0) is 13.8 Å². The van der Waals surface area contributed by atoms with Crippen molar-refractivity contribution in [2.45, 2.75) is 44.4 Å². The van der Waals surface area contributed by atoms with E-state index in [-0.39, 0.29) is 12.2 Å². The third-order valence-electron chi connectivity index (χ3n) is 2.43. The fraction of sp³-hybridized carbons (Fsp3) is 1.00. The highest BCUT2D eigenvalue weighted by molar-refractivity contribution is 4.91. The molecule has 2 heterocycles. The van der Waals surface area contributed by atoms with Gasteiger partial charge in [-0.2, -0.15) is 0 Å². The van der Waals surface area contributed by atoms with Gasteiger partial charge in [0.1, 0.15) is 12.2 Å². The summed E-state index contributed by atoms with van der Waals surface area (Å²) in [6.07, 6.45) is -1.24. The van der Waals surface area contributed by atoms with Crippen molar-refractivity contribution in [3.05, 3.63) is 0 Å².